The Kier molecular flexibility index (Phi) is 14.0. The molecule has 0 N–H and O–H groups in total. The van der Waals surface area contributed by atoms with E-state index in [1.54, 1.807) is 22.3 Å². The minimum atomic E-state index is 0. The van der Waals surface area contributed by atoms with Crippen molar-refractivity contribution in [2.75, 3.05) is 0 Å². The molecule has 2 aliphatic rings. The molecule has 0 saturated heterocycles. The smallest absolute Gasteiger partial charge is 1.00 e. The Labute approximate surface area is 377 Å². The first-order valence-electron chi connectivity index (χ1n) is 20.8. The number of hydrogen-bond acceptors (Lipinski definition) is 0. The first-order chi connectivity index (χ1) is 25.1. The minimum Gasteiger partial charge on any atom is -1.00 e. The number of rotatable bonds is 2. The van der Waals surface area contributed by atoms with Gasteiger partial charge in [0.15, 0.2) is 0 Å². The van der Waals surface area contributed by atoms with Crippen LogP contribution in [0.3, 0.4) is 0 Å². The first kappa shape index (κ1) is 47.2. The Morgan fingerprint density at radius 2 is 0.702 bits per heavy atom. The van der Waals surface area contributed by atoms with Gasteiger partial charge in [0.05, 0.1) is 0 Å². The van der Waals surface area contributed by atoms with Crippen LogP contribution in [-0.4, -0.2) is 0 Å². The first-order valence-corrected chi connectivity index (χ1v) is 20.8. The monoisotopic (exact) mass is 964 g/mol. The van der Waals surface area contributed by atoms with Gasteiger partial charge < -0.3 is 24.8 Å². The molecule has 0 heterocycles. The van der Waals surface area contributed by atoms with Gasteiger partial charge in [-0.1, -0.05) is 167 Å². The summed E-state index contributed by atoms with van der Waals surface area (Å²) in [6.45, 7) is 32.4. The maximum atomic E-state index is 2.46. The topological polar surface area (TPSA) is 0 Å². The average Bonchev–Trinajstić information content (AvgIpc) is 3.86. The van der Waals surface area contributed by atoms with Crippen molar-refractivity contribution < 1.29 is 50.7 Å². The number of hydrogen-bond donors (Lipinski definition) is 0. The number of aryl methyl sites for hydroxylation is 4. The van der Waals surface area contributed by atoms with Gasteiger partial charge >= 0.3 is 25.8 Å². The van der Waals surface area contributed by atoms with Gasteiger partial charge in [0.1, 0.15) is 0 Å². The molecular weight excluding hydrogens is 898 g/mol. The van der Waals surface area contributed by atoms with Crippen molar-refractivity contribution in [2.24, 2.45) is 0 Å². The van der Waals surface area contributed by atoms with E-state index in [9.17, 15) is 0 Å². The second-order valence-corrected chi connectivity index (χ2v) is 21.2. The van der Waals surface area contributed by atoms with Crippen LogP contribution in [0, 0.1) is 13.8 Å². The molecule has 0 fully saturated rings. The molecule has 0 atom stereocenters. The zero-order valence-corrected chi connectivity index (χ0v) is 42.5. The number of fused-ring (bicyclic) bond motifs is 4. The van der Waals surface area contributed by atoms with Gasteiger partial charge in [0.2, 0.25) is 0 Å². The van der Waals surface area contributed by atoms with E-state index < -0.39 is 0 Å². The molecule has 300 valence electrons. The summed E-state index contributed by atoms with van der Waals surface area (Å²) in [6.07, 6.45) is 7.48. The van der Waals surface area contributed by atoms with Crippen LogP contribution < -0.4 is 24.8 Å². The van der Waals surface area contributed by atoms with E-state index in [1.165, 1.54) is 116 Å². The summed E-state index contributed by atoms with van der Waals surface area (Å²) in [5.74, 6) is 0. The van der Waals surface area contributed by atoms with Crippen molar-refractivity contribution in [3.8, 4) is 22.3 Å². The van der Waals surface area contributed by atoms with Gasteiger partial charge in [-0.3, -0.25) is 0 Å². The molecule has 6 aromatic carbocycles. The standard InChI is InChI=1S/2C27H33.2ClH.Hf/c2*1-17-11-19-13-18-9-8-10-23(18)25(24(19)12-17)20-14-21(26(2,3)4)16-22(15-20)27(5,6)7;;;/h2*11-16H,8-10H2,1-7H3;2*1H;/q2*-1;;;+4/p-2. The van der Waals surface area contributed by atoms with Crippen LogP contribution >= 0.6 is 0 Å². The summed E-state index contributed by atoms with van der Waals surface area (Å²) in [4.78, 5) is 0. The molecule has 2 aliphatic carbocycles. The van der Waals surface area contributed by atoms with Gasteiger partial charge in [0.25, 0.3) is 0 Å². The molecule has 57 heavy (non-hydrogen) atoms. The Hall–Kier alpha value is -2.45. The Morgan fingerprint density at radius 3 is 0.982 bits per heavy atom. The summed E-state index contributed by atoms with van der Waals surface area (Å²) < 4.78 is 0. The largest absolute Gasteiger partial charge is 4.00 e. The van der Waals surface area contributed by atoms with Crippen molar-refractivity contribution in [3.63, 3.8) is 0 Å². The van der Waals surface area contributed by atoms with Gasteiger partial charge in [-0.05, 0) is 93.6 Å². The molecule has 0 aromatic heterocycles. The molecule has 0 nitrogen and oxygen atoms in total. The van der Waals surface area contributed by atoms with Crippen LogP contribution in [0.2, 0.25) is 0 Å². The maximum absolute atomic E-state index is 2.46. The van der Waals surface area contributed by atoms with E-state index in [0.29, 0.717) is 0 Å². The second-order valence-electron chi connectivity index (χ2n) is 21.2. The second kappa shape index (κ2) is 16.9. The van der Waals surface area contributed by atoms with Gasteiger partial charge in [0, 0.05) is 0 Å². The molecule has 0 amide bonds. The molecule has 0 aliphatic heterocycles. The van der Waals surface area contributed by atoms with Crippen molar-refractivity contribution >= 4 is 21.5 Å². The van der Waals surface area contributed by atoms with E-state index in [4.69, 9.17) is 0 Å². The van der Waals surface area contributed by atoms with Crippen molar-refractivity contribution in [1.82, 2.24) is 0 Å². The Balaban J connectivity index is 0.000000240. The summed E-state index contributed by atoms with van der Waals surface area (Å²) in [5, 5.41) is 5.72. The summed E-state index contributed by atoms with van der Waals surface area (Å²) in [7, 11) is 0. The molecule has 6 aromatic rings. The molecule has 0 saturated carbocycles. The van der Waals surface area contributed by atoms with Crippen LogP contribution in [0.25, 0.3) is 43.8 Å². The summed E-state index contributed by atoms with van der Waals surface area (Å²) in [5.41, 5.74) is 21.3. The zero-order chi connectivity index (χ0) is 39.1. The zero-order valence-electron chi connectivity index (χ0n) is 37.4. The fourth-order valence-corrected chi connectivity index (χ4v) is 9.08. The van der Waals surface area contributed by atoms with Crippen LogP contribution in [0.15, 0.2) is 72.8 Å². The quantitative estimate of drug-likeness (QED) is 0.120. The van der Waals surface area contributed by atoms with Crippen LogP contribution in [-0.2, 0) is 73.2 Å². The molecule has 0 radical (unpaired) electrons. The number of halogens is 2. The maximum Gasteiger partial charge on any atom is 4.00 e. The number of benzene rings is 4. The van der Waals surface area contributed by atoms with E-state index in [-0.39, 0.29) is 72.3 Å². The van der Waals surface area contributed by atoms with Gasteiger partial charge in [-0.25, -0.2) is 0 Å². The van der Waals surface area contributed by atoms with Crippen LogP contribution in [0.5, 0.6) is 0 Å². The van der Waals surface area contributed by atoms with Gasteiger partial charge in [-0.15, -0.1) is 56.9 Å². The van der Waals surface area contributed by atoms with Crippen LogP contribution in [0.1, 0.15) is 152 Å². The van der Waals surface area contributed by atoms with Crippen molar-refractivity contribution in [3.05, 3.63) is 128 Å². The predicted octanol–water partition coefficient (Wildman–Crippen LogP) is 9.24. The third-order valence-corrected chi connectivity index (χ3v) is 12.4. The van der Waals surface area contributed by atoms with E-state index in [1.807, 2.05) is 0 Å². The normalized spacial score (nSPS) is 14.0. The summed E-state index contributed by atoms with van der Waals surface area (Å²) >= 11 is 0. The van der Waals surface area contributed by atoms with E-state index >= 15 is 0 Å². The summed E-state index contributed by atoms with van der Waals surface area (Å²) in [6, 6.07) is 29.1. The Bertz CT molecular complexity index is 2150. The van der Waals surface area contributed by atoms with Crippen molar-refractivity contribution in [1.29, 1.82) is 0 Å². The fourth-order valence-electron chi connectivity index (χ4n) is 9.08. The molecule has 0 bridgehead atoms. The van der Waals surface area contributed by atoms with E-state index in [0.717, 1.165) is 0 Å². The SMILES string of the molecule is Cc1cc2c(-c3cc(C(C)(C)C)cc(C(C)(C)C)c3)c3c(cc2[cH-]1)CCC3.Cc1cc2c(-c3cc(C(C)(C)C)cc(C(C)(C)C)c3)c3c(cc2[cH-]1)CCC3.[Cl-].[Cl-].[Hf+4]. The molecular formula is C54H66Cl2Hf. The molecule has 0 spiro atoms. The average molecular weight is 965 g/mol. The fraction of sp³-hybridized carbons (Fsp3) is 0.444. The Morgan fingerprint density at radius 1 is 0.404 bits per heavy atom. The minimum absolute atomic E-state index is 0. The van der Waals surface area contributed by atoms with Gasteiger partial charge in [-0.2, -0.15) is 12.1 Å². The third kappa shape index (κ3) is 9.63. The molecule has 3 heteroatoms. The molecule has 8 rings (SSSR count). The molecule has 0 unspecified atom stereocenters. The van der Waals surface area contributed by atoms with Crippen LogP contribution in [0.4, 0.5) is 0 Å². The third-order valence-electron chi connectivity index (χ3n) is 12.4. The van der Waals surface area contributed by atoms with Crippen molar-refractivity contribution in [2.45, 2.75) is 157 Å². The van der Waals surface area contributed by atoms with E-state index in [2.05, 4.69) is 170 Å². The predicted molar refractivity (Wildman–Crippen MR) is 238 cm³/mol.